The largest absolute Gasteiger partial charge is 0.358 e. The van der Waals surface area contributed by atoms with Gasteiger partial charge < -0.3 is 10.2 Å². The van der Waals surface area contributed by atoms with E-state index in [2.05, 4.69) is 38.4 Å². The van der Waals surface area contributed by atoms with Crippen LogP contribution in [-0.2, 0) is 0 Å². The van der Waals surface area contributed by atoms with Gasteiger partial charge in [0.05, 0.1) is 0 Å². The highest BCUT2D eigenvalue weighted by Gasteiger charge is 2.18. The lowest BCUT2D eigenvalue weighted by molar-refractivity contribution is 0.594. The minimum absolute atomic E-state index is 0.571. The molecule has 0 amide bonds. The summed E-state index contributed by atoms with van der Waals surface area (Å²) in [5.41, 5.74) is 0.969. The lowest BCUT2D eigenvalue weighted by atomic mass is 10.2. The summed E-state index contributed by atoms with van der Waals surface area (Å²) in [6.07, 6.45) is 4.06. The predicted molar refractivity (Wildman–Crippen MR) is 69.8 cm³/mol. The van der Waals surface area contributed by atoms with Crippen molar-refractivity contribution in [2.45, 2.75) is 25.8 Å². The first-order valence-corrected chi connectivity index (χ1v) is 6.36. The van der Waals surface area contributed by atoms with Crippen LogP contribution in [0.2, 0.25) is 0 Å². The topological polar surface area (TPSA) is 58.4 Å². The van der Waals surface area contributed by atoms with Crippen LogP contribution in [0.4, 0.5) is 5.82 Å². The highest BCUT2D eigenvalue weighted by atomic mass is 15.4. The maximum Gasteiger partial charge on any atom is 0.254 e. The first kappa shape index (κ1) is 11.4. The Morgan fingerprint density at radius 1 is 1.56 bits per heavy atom. The number of likely N-dealkylation sites (N-methyl/N-ethyl adjacent to an activating group) is 1. The summed E-state index contributed by atoms with van der Waals surface area (Å²) in [7, 11) is 2.09. The maximum absolute atomic E-state index is 4.36. The molecule has 3 heterocycles. The Morgan fingerprint density at radius 2 is 2.44 bits per heavy atom. The molecule has 18 heavy (non-hydrogen) atoms. The SMILES string of the molecule is Cc1cc(N(C)CC2CCCN2)n2ncnc2n1. The number of nitrogens with one attached hydrogen (secondary N) is 1. The van der Waals surface area contributed by atoms with Crippen molar-refractivity contribution in [2.75, 3.05) is 25.0 Å². The van der Waals surface area contributed by atoms with Crippen molar-refractivity contribution in [3.05, 3.63) is 18.1 Å². The van der Waals surface area contributed by atoms with Gasteiger partial charge in [0.15, 0.2) is 0 Å². The van der Waals surface area contributed by atoms with Gasteiger partial charge in [0.25, 0.3) is 5.78 Å². The van der Waals surface area contributed by atoms with E-state index in [1.54, 1.807) is 10.8 Å². The molecule has 0 bridgehead atoms. The van der Waals surface area contributed by atoms with Crippen molar-refractivity contribution in [2.24, 2.45) is 0 Å². The Labute approximate surface area is 106 Å². The number of hydrogen-bond donors (Lipinski definition) is 1. The Morgan fingerprint density at radius 3 is 3.22 bits per heavy atom. The van der Waals surface area contributed by atoms with E-state index in [1.165, 1.54) is 12.8 Å². The third kappa shape index (κ3) is 2.03. The lowest BCUT2D eigenvalue weighted by Gasteiger charge is -2.23. The third-order valence-electron chi connectivity index (χ3n) is 3.41. The molecule has 1 fully saturated rings. The molecule has 1 atom stereocenters. The number of anilines is 1. The van der Waals surface area contributed by atoms with Crippen molar-refractivity contribution in [3.63, 3.8) is 0 Å². The number of aromatic nitrogens is 4. The molecule has 0 aromatic carbocycles. The van der Waals surface area contributed by atoms with Crippen molar-refractivity contribution < 1.29 is 0 Å². The molecule has 3 rings (SSSR count). The molecule has 0 spiro atoms. The van der Waals surface area contributed by atoms with Crippen LogP contribution >= 0.6 is 0 Å². The second-order valence-corrected chi connectivity index (χ2v) is 4.90. The number of rotatable bonds is 3. The van der Waals surface area contributed by atoms with Crippen LogP contribution in [-0.4, -0.2) is 45.8 Å². The van der Waals surface area contributed by atoms with E-state index in [0.717, 1.165) is 24.6 Å². The minimum atomic E-state index is 0.571. The van der Waals surface area contributed by atoms with Gasteiger partial charge in [0.1, 0.15) is 12.1 Å². The van der Waals surface area contributed by atoms with Gasteiger partial charge in [0, 0.05) is 31.4 Å². The van der Waals surface area contributed by atoms with Gasteiger partial charge in [-0.1, -0.05) is 0 Å². The fourth-order valence-corrected chi connectivity index (χ4v) is 2.52. The number of aryl methyl sites for hydroxylation is 1. The average molecular weight is 246 g/mol. The molecule has 1 N–H and O–H groups in total. The van der Waals surface area contributed by atoms with E-state index in [-0.39, 0.29) is 0 Å². The van der Waals surface area contributed by atoms with E-state index in [0.29, 0.717) is 11.8 Å². The fourth-order valence-electron chi connectivity index (χ4n) is 2.52. The molecule has 1 saturated heterocycles. The summed E-state index contributed by atoms with van der Waals surface area (Å²) in [5.74, 6) is 1.71. The zero-order valence-corrected chi connectivity index (χ0v) is 10.8. The van der Waals surface area contributed by atoms with Crippen LogP contribution in [0.15, 0.2) is 12.4 Å². The van der Waals surface area contributed by atoms with E-state index in [4.69, 9.17) is 0 Å². The molecule has 1 aliphatic rings. The summed E-state index contributed by atoms with van der Waals surface area (Å²) in [6, 6.07) is 2.62. The lowest BCUT2D eigenvalue weighted by Crippen LogP contribution is -2.36. The van der Waals surface area contributed by atoms with Gasteiger partial charge in [-0.3, -0.25) is 0 Å². The monoisotopic (exact) mass is 246 g/mol. The molecular weight excluding hydrogens is 228 g/mol. The number of fused-ring (bicyclic) bond motifs is 1. The van der Waals surface area contributed by atoms with Crippen LogP contribution in [0.5, 0.6) is 0 Å². The summed E-state index contributed by atoms with van der Waals surface area (Å²) < 4.78 is 1.79. The quantitative estimate of drug-likeness (QED) is 0.860. The van der Waals surface area contributed by atoms with Gasteiger partial charge in [-0.05, 0) is 26.3 Å². The van der Waals surface area contributed by atoms with Crippen LogP contribution in [0.1, 0.15) is 18.5 Å². The minimum Gasteiger partial charge on any atom is -0.358 e. The second-order valence-electron chi connectivity index (χ2n) is 4.90. The normalized spacial score (nSPS) is 19.6. The third-order valence-corrected chi connectivity index (χ3v) is 3.41. The zero-order valence-electron chi connectivity index (χ0n) is 10.8. The van der Waals surface area contributed by atoms with Crippen molar-refractivity contribution in [3.8, 4) is 0 Å². The molecule has 6 nitrogen and oxygen atoms in total. The van der Waals surface area contributed by atoms with Crippen molar-refractivity contribution in [1.82, 2.24) is 24.9 Å². The molecule has 0 saturated carbocycles. The van der Waals surface area contributed by atoms with Gasteiger partial charge >= 0.3 is 0 Å². The molecule has 1 aliphatic heterocycles. The molecule has 96 valence electrons. The van der Waals surface area contributed by atoms with E-state index < -0.39 is 0 Å². The Kier molecular flexibility index (Phi) is 2.87. The first-order valence-electron chi connectivity index (χ1n) is 6.36. The van der Waals surface area contributed by atoms with Gasteiger partial charge in [-0.2, -0.15) is 14.6 Å². The van der Waals surface area contributed by atoms with Gasteiger partial charge in [-0.15, -0.1) is 0 Å². The highest BCUT2D eigenvalue weighted by molar-refractivity contribution is 5.46. The number of hydrogen-bond acceptors (Lipinski definition) is 5. The van der Waals surface area contributed by atoms with Crippen molar-refractivity contribution in [1.29, 1.82) is 0 Å². The summed E-state index contributed by atoms with van der Waals surface area (Å²) in [4.78, 5) is 10.7. The van der Waals surface area contributed by atoms with Gasteiger partial charge in [0.2, 0.25) is 0 Å². The second kappa shape index (κ2) is 4.53. The standard InChI is InChI=1S/C12H18N6/c1-9-6-11(18-12(16-9)14-8-15-18)17(2)7-10-4-3-5-13-10/h6,8,10,13H,3-5,7H2,1-2H3. The van der Waals surface area contributed by atoms with E-state index in [1.807, 2.05) is 6.92 Å². The van der Waals surface area contributed by atoms with Crippen LogP contribution in [0, 0.1) is 6.92 Å². The fraction of sp³-hybridized carbons (Fsp3) is 0.583. The molecule has 1 unspecified atom stereocenters. The highest BCUT2D eigenvalue weighted by Crippen LogP contribution is 2.16. The average Bonchev–Trinajstić information content (AvgIpc) is 2.97. The Bertz CT molecular complexity index is 542. The predicted octanol–water partition coefficient (Wildman–Crippen LogP) is 0.621. The maximum atomic E-state index is 4.36. The molecule has 2 aromatic heterocycles. The first-order chi connectivity index (χ1) is 8.74. The molecular formula is C12H18N6. The van der Waals surface area contributed by atoms with Crippen molar-refractivity contribution >= 4 is 11.6 Å². The summed E-state index contributed by atoms with van der Waals surface area (Å²) in [5, 5.41) is 7.75. The zero-order chi connectivity index (χ0) is 12.5. The van der Waals surface area contributed by atoms with E-state index >= 15 is 0 Å². The smallest absolute Gasteiger partial charge is 0.254 e. The van der Waals surface area contributed by atoms with Gasteiger partial charge in [-0.25, -0.2) is 4.98 Å². The summed E-state index contributed by atoms with van der Waals surface area (Å²) >= 11 is 0. The number of nitrogens with zero attached hydrogens (tertiary/aromatic N) is 5. The van der Waals surface area contributed by atoms with Crippen LogP contribution < -0.4 is 10.2 Å². The van der Waals surface area contributed by atoms with Crippen LogP contribution in [0.3, 0.4) is 0 Å². The molecule has 2 aromatic rings. The Balaban J connectivity index is 1.89. The summed E-state index contributed by atoms with van der Waals surface area (Å²) in [6.45, 7) is 4.10. The molecule has 6 heteroatoms. The molecule has 0 radical (unpaired) electrons. The Hall–Kier alpha value is -1.69. The molecule has 0 aliphatic carbocycles. The van der Waals surface area contributed by atoms with Crippen LogP contribution in [0.25, 0.3) is 5.78 Å². The van der Waals surface area contributed by atoms with E-state index in [9.17, 15) is 0 Å².